The zero-order valence-electron chi connectivity index (χ0n) is 7.41. The number of sulfonamides is 1. The molecule has 1 aliphatic heterocycles. The molecule has 0 aromatic rings. The molecule has 0 aromatic carbocycles. The first kappa shape index (κ1) is 9.95. The van der Waals surface area contributed by atoms with Gasteiger partial charge >= 0.3 is 0 Å². The maximum atomic E-state index is 10.9. The Labute approximate surface area is 73.3 Å². The van der Waals surface area contributed by atoms with Crippen LogP contribution in [0.25, 0.3) is 0 Å². The molecule has 4 nitrogen and oxygen atoms in total. The van der Waals surface area contributed by atoms with Gasteiger partial charge in [-0.3, -0.25) is 0 Å². The molecule has 0 spiro atoms. The molecule has 0 bridgehead atoms. The van der Waals surface area contributed by atoms with Gasteiger partial charge in [0.25, 0.3) is 0 Å². The Morgan fingerprint density at radius 3 is 2.67 bits per heavy atom. The van der Waals surface area contributed by atoms with Gasteiger partial charge in [0, 0.05) is 12.6 Å². The zero-order chi connectivity index (χ0) is 9.19. The Kier molecular flexibility index (Phi) is 3.09. The molecule has 5 heteroatoms. The van der Waals surface area contributed by atoms with E-state index in [0.29, 0.717) is 6.61 Å². The molecule has 1 fully saturated rings. The lowest BCUT2D eigenvalue weighted by molar-refractivity contribution is 0.0173. The van der Waals surface area contributed by atoms with Gasteiger partial charge in [-0.25, -0.2) is 13.1 Å². The van der Waals surface area contributed by atoms with Crippen LogP contribution in [0.4, 0.5) is 0 Å². The maximum absolute atomic E-state index is 10.9. The van der Waals surface area contributed by atoms with Crippen molar-refractivity contribution >= 4 is 10.0 Å². The molecule has 1 heterocycles. The summed E-state index contributed by atoms with van der Waals surface area (Å²) in [4.78, 5) is 0. The van der Waals surface area contributed by atoms with Crippen molar-refractivity contribution in [3.63, 3.8) is 0 Å². The Hall–Kier alpha value is -0.130. The van der Waals surface area contributed by atoms with Gasteiger partial charge in [-0.15, -0.1) is 0 Å². The van der Waals surface area contributed by atoms with Crippen LogP contribution in [-0.4, -0.2) is 33.4 Å². The van der Waals surface area contributed by atoms with E-state index in [1.54, 1.807) is 0 Å². The van der Waals surface area contributed by atoms with Crippen LogP contribution >= 0.6 is 0 Å². The highest BCUT2D eigenvalue weighted by atomic mass is 32.2. The molecular weight excluding hydrogens is 178 g/mol. The van der Waals surface area contributed by atoms with Crippen LogP contribution < -0.4 is 4.72 Å². The summed E-state index contributed by atoms with van der Waals surface area (Å²) >= 11 is 0. The predicted octanol–water partition coefficient (Wildman–Crippen LogP) is 0.103. The number of nitrogens with one attached hydrogen (secondary N) is 1. The summed E-state index contributed by atoms with van der Waals surface area (Å²) in [7, 11) is -3.05. The van der Waals surface area contributed by atoms with Gasteiger partial charge in [-0.05, 0) is 19.8 Å². The first-order chi connectivity index (χ1) is 5.47. The van der Waals surface area contributed by atoms with E-state index in [2.05, 4.69) is 4.72 Å². The average Bonchev–Trinajstić information content (AvgIpc) is 1.82. The number of hydrogen-bond acceptors (Lipinski definition) is 3. The third-order valence-electron chi connectivity index (χ3n) is 1.87. The maximum Gasteiger partial charge on any atom is 0.208 e. The smallest absolute Gasteiger partial charge is 0.208 e. The lowest BCUT2D eigenvalue weighted by atomic mass is 10.1. The van der Waals surface area contributed by atoms with Crippen LogP contribution in [0.2, 0.25) is 0 Å². The highest BCUT2D eigenvalue weighted by Crippen LogP contribution is 2.13. The van der Waals surface area contributed by atoms with E-state index >= 15 is 0 Å². The van der Waals surface area contributed by atoms with E-state index in [1.165, 1.54) is 6.26 Å². The van der Waals surface area contributed by atoms with Crippen LogP contribution in [0, 0.1) is 0 Å². The summed E-state index contributed by atoms with van der Waals surface area (Å²) in [6, 6.07) is 0.0590. The first-order valence-corrected chi connectivity index (χ1v) is 5.95. The monoisotopic (exact) mass is 193 g/mol. The number of ether oxygens (including phenoxy) is 1. The molecule has 1 rings (SSSR count). The lowest BCUT2D eigenvalue weighted by Gasteiger charge is -2.27. The van der Waals surface area contributed by atoms with Gasteiger partial charge in [0.2, 0.25) is 10.0 Å². The molecule has 0 saturated carbocycles. The zero-order valence-corrected chi connectivity index (χ0v) is 8.23. The fourth-order valence-electron chi connectivity index (χ4n) is 1.41. The molecule has 12 heavy (non-hydrogen) atoms. The molecule has 0 amide bonds. The summed E-state index contributed by atoms with van der Waals surface area (Å²) in [6.07, 6.45) is 2.90. The molecule has 72 valence electrons. The molecule has 1 aliphatic rings. The molecular formula is C7H15NO3S. The third-order valence-corrected chi connectivity index (χ3v) is 2.63. The van der Waals surface area contributed by atoms with Crippen molar-refractivity contribution in [2.45, 2.75) is 31.9 Å². The van der Waals surface area contributed by atoms with Gasteiger partial charge in [0.15, 0.2) is 0 Å². The standard InChI is InChI=1S/C7H15NO3S/c1-6-5-7(3-4-11-6)8-12(2,9)10/h6-8H,3-5H2,1-2H3. The second kappa shape index (κ2) is 3.72. The summed E-state index contributed by atoms with van der Waals surface area (Å²) in [5.41, 5.74) is 0. The largest absolute Gasteiger partial charge is 0.378 e. The molecule has 1 N–H and O–H groups in total. The molecule has 0 radical (unpaired) electrons. The summed E-state index contributed by atoms with van der Waals surface area (Å²) in [5.74, 6) is 0. The number of rotatable bonds is 2. The van der Waals surface area contributed by atoms with Crippen molar-refractivity contribution < 1.29 is 13.2 Å². The Bertz CT molecular complexity index is 237. The average molecular weight is 193 g/mol. The summed E-state index contributed by atoms with van der Waals surface area (Å²) in [6.45, 7) is 2.60. The van der Waals surface area contributed by atoms with E-state index in [-0.39, 0.29) is 12.1 Å². The Balaban J connectivity index is 2.43. The Morgan fingerprint density at radius 1 is 1.50 bits per heavy atom. The second-order valence-corrected chi connectivity index (χ2v) is 5.07. The van der Waals surface area contributed by atoms with Crippen molar-refractivity contribution in [1.29, 1.82) is 0 Å². The third kappa shape index (κ3) is 3.51. The second-order valence-electron chi connectivity index (χ2n) is 3.29. The van der Waals surface area contributed by atoms with Gasteiger partial charge in [-0.2, -0.15) is 0 Å². The van der Waals surface area contributed by atoms with Crippen molar-refractivity contribution in [3.05, 3.63) is 0 Å². The predicted molar refractivity (Wildman–Crippen MR) is 46.4 cm³/mol. The topological polar surface area (TPSA) is 55.4 Å². The molecule has 2 atom stereocenters. The van der Waals surface area contributed by atoms with E-state index in [1.807, 2.05) is 6.92 Å². The normalized spacial score (nSPS) is 31.8. The number of hydrogen-bond donors (Lipinski definition) is 1. The van der Waals surface area contributed by atoms with Gasteiger partial charge in [0.1, 0.15) is 0 Å². The van der Waals surface area contributed by atoms with E-state index in [4.69, 9.17) is 4.74 Å². The first-order valence-electron chi connectivity index (χ1n) is 4.06. The van der Waals surface area contributed by atoms with Crippen molar-refractivity contribution in [2.24, 2.45) is 0 Å². The van der Waals surface area contributed by atoms with Gasteiger partial charge in [0.05, 0.1) is 12.4 Å². The minimum Gasteiger partial charge on any atom is -0.378 e. The van der Waals surface area contributed by atoms with Crippen LogP contribution in [0.3, 0.4) is 0 Å². The lowest BCUT2D eigenvalue weighted by Crippen LogP contribution is -2.40. The fourth-order valence-corrected chi connectivity index (χ4v) is 2.23. The van der Waals surface area contributed by atoms with E-state index in [9.17, 15) is 8.42 Å². The highest BCUT2D eigenvalue weighted by Gasteiger charge is 2.21. The molecule has 1 saturated heterocycles. The van der Waals surface area contributed by atoms with Crippen molar-refractivity contribution in [2.75, 3.05) is 12.9 Å². The fraction of sp³-hybridized carbons (Fsp3) is 1.00. The molecule has 0 aromatic heterocycles. The summed E-state index contributed by atoms with van der Waals surface area (Å²) in [5, 5.41) is 0. The minimum absolute atomic E-state index is 0.0590. The minimum atomic E-state index is -3.05. The van der Waals surface area contributed by atoms with E-state index in [0.717, 1.165) is 12.8 Å². The van der Waals surface area contributed by atoms with Crippen molar-refractivity contribution in [3.8, 4) is 0 Å². The summed E-state index contributed by atoms with van der Waals surface area (Å²) < 4.78 is 29.6. The Morgan fingerprint density at radius 2 is 2.17 bits per heavy atom. The van der Waals surface area contributed by atoms with Crippen LogP contribution in [0.5, 0.6) is 0 Å². The quantitative estimate of drug-likeness (QED) is 0.677. The van der Waals surface area contributed by atoms with E-state index < -0.39 is 10.0 Å². The highest BCUT2D eigenvalue weighted by molar-refractivity contribution is 7.88. The van der Waals surface area contributed by atoms with Crippen LogP contribution in [0.1, 0.15) is 19.8 Å². The van der Waals surface area contributed by atoms with Crippen LogP contribution in [0.15, 0.2) is 0 Å². The SMILES string of the molecule is CC1CC(NS(C)(=O)=O)CCO1. The van der Waals surface area contributed by atoms with Crippen LogP contribution in [-0.2, 0) is 14.8 Å². The molecule has 2 unspecified atom stereocenters. The van der Waals surface area contributed by atoms with Gasteiger partial charge in [-0.1, -0.05) is 0 Å². The molecule has 0 aliphatic carbocycles. The van der Waals surface area contributed by atoms with Gasteiger partial charge < -0.3 is 4.74 Å². The van der Waals surface area contributed by atoms with Crippen molar-refractivity contribution in [1.82, 2.24) is 4.72 Å².